The molecule has 1 aromatic carbocycles. The predicted octanol–water partition coefficient (Wildman–Crippen LogP) is 2.53. The maximum Gasteiger partial charge on any atom is 0.143 e. The number of aryl methyl sites for hydroxylation is 1. The van der Waals surface area contributed by atoms with Gasteiger partial charge < -0.3 is 5.11 Å². The molecule has 1 aliphatic heterocycles. The van der Waals surface area contributed by atoms with Crippen LogP contribution in [0.4, 0.5) is 0 Å². The summed E-state index contributed by atoms with van der Waals surface area (Å²) in [6.45, 7) is 7.19. The minimum atomic E-state index is 0.0180. The van der Waals surface area contributed by atoms with Gasteiger partial charge in [-0.1, -0.05) is 25.1 Å². The first-order chi connectivity index (χ1) is 10.1. The van der Waals surface area contributed by atoms with Gasteiger partial charge >= 0.3 is 0 Å². The molecule has 3 rings (SSSR count). The van der Waals surface area contributed by atoms with Crippen LogP contribution in [0.5, 0.6) is 0 Å². The Hall–Kier alpha value is -1.52. The average Bonchev–Trinajstić information content (AvgIpc) is 2.47. The van der Waals surface area contributed by atoms with Crippen molar-refractivity contribution < 1.29 is 5.11 Å². The molecule has 2 heterocycles. The summed E-state index contributed by atoms with van der Waals surface area (Å²) in [4.78, 5) is 11.7. The van der Waals surface area contributed by atoms with Gasteiger partial charge in [0.25, 0.3) is 0 Å². The zero-order valence-corrected chi connectivity index (χ0v) is 12.8. The summed E-state index contributed by atoms with van der Waals surface area (Å²) >= 11 is 0. The monoisotopic (exact) mass is 285 g/mol. The van der Waals surface area contributed by atoms with Crippen molar-refractivity contribution in [3.05, 3.63) is 35.8 Å². The van der Waals surface area contributed by atoms with Crippen molar-refractivity contribution in [2.45, 2.75) is 33.2 Å². The zero-order valence-electron chi connectivity index (χ0n) is 12.8. The molecule has 0 radical (unpaired) electrons. The Morgan fingerprint density at radius 1 is 1.29 bits per heavy atom. The van der Waals surface area contributed by atoms with Crippen LogP contribution in [-0.4, -0.2) is 39.7 Å². The topological polar surface area (TPSA) is 49.2 Å². The Balaban J connectivity index is 1.82. The molecule has 112 valence electrons. The molecule has 4 nitrogen and oxygen atoms in total. The number of benzene rings is 1. The Labute approximate surface area is 125 Å². The van der Waals surface area contributed by atoms with Gasteiger partial charge in [-0.15, -0.1) is 0 Å². The van der Waals surface area contributed by atoms with Gasteiger partial charge in [0, 0.05) is 29.6 Å². The van der Waals surface area contributed by atoms with E-state index in [4.69, 9.17) is 0 Å². The number of para-hydroxylation sites is 1. The molecule has 1 aliphatic rings. The fourth-order valence-corrected chi connectivity index (χ4v) is 3.26. The normalized spacial score (nSPS) is 23.6. The van der Waals surface area contributed by atoms with Crippen LogP contribution >= 0.6 is 0 Å². The Morgan fingerprint density at radius 3 is 2.90 bits per heavy atom. The van der Waals surface area contributed by atoms with Crippen LogP contribution in [0.15, 0.2) is 24.3 Å². The fraction of sp³-hybridized carbons (Fsp3) is 0.529. The highest BCUT2D eigenvalue weighted by molar-refractivity contribution is 5.80. The van der Waals surface area contributed by atoms with Crippen molar-refractivity contribution in [3.8, 4) is 0 Å². The molecule has 1 unspecified atom stereocenters. The van der Waals surface area contributed by atoms with Crippen LogP contribution in [0.1, 0.15) is 31.3 Å². The van der Waals surface area contributed by atoms with Crippen molar-refractivity contribution in [2.75, 3.05) is 19.7 Å². The molecule has 1 fully saturated rings. The highest BCUT2D eigenvalue weighted by atomic mass is 16.3. The number of nitrogens with zero attached hydrogens (tertiary/aromatic N) is 3. The number of rotatable bonds is 3. The van der Waals surface area contributed by atoms with Crippen molar-refractivity contribution in [1.29, 1.82) is 0 Å². The molecule has 1 N–H and O–H groups in total. The largest absolute Gasteiger partial charge is 0.396 e. The maximum absolute atomic E-state index is 9.56. The number of fused-ring (bicyclic) bond motifs is 1. The van der Waals surface area contributed by atoms with Crippen LogP contribution in [0.3, 0.4) is 0 Å². The van der Waals surface area contributed by atoms with E-state index in [1.807, 2.05) is 25.1 Å². The van der Waals surface area contributed by atoms with Gasteiger partial charge in [0.1, 0.15) is 5.82 Å². The Bertz CT molecular complexity index is 643. The second-order valence-corrected chi connectivity index (χ2v) is 6.53. The number of aliphatic hydroxyl groups excluding tert-OH is 1. The van der Waals surface area contributed by atoms with Crippen LogP contribution in [0, 0.1) is 12.3 Å². The third kappa shape index (κ3) is 3.06. The summed E-state index contributed by atoms with van der Waals surface area (Å²) in [7, 11) is 0. The molecule has 0 amide bonds. The van der Waals surface area contributed by atoms with E-state index in [0.29, 0.717) is 0 Å². The molecule has 0 saturated carbocycles. The molecule has 0 spiro atoms. The van der Waals surface area contributed by atoms with Crippen LogP contribution in [0.2, 0.25) is 0 Å². The third-order valence-corrected chi connectivity index (χ3v) is 4.45. The molecular formula is C17H23N3O. The first kappa shape index (κ1) is 14.4. The van der Waals surface area contributed by atoms with Gasteiger partial charge in [0.2, 0.25) is 0 Å². The van der Waals surface area contributed by atoms with Gasteiger partial charge in [0.05, 0.1) is 12.1 Å². The Kier molecular flexibility index (Phi) is 3.91. The number of aliphatic hydroxyl groups is 1. The number of likely N-dealkylation sites (tertiary alicyclic amines) is 1. The number of aromatic nitrogens is 2. The summed E-state index contributed by atoms with van der Waals surface area (Å²) in [6, 6.07) is 8.15. The molecule has 0 bridgehead atoms. The zero-order chi connectivity index (χ0) is 14.9. The lowest BCUT2D eigenvalue weighted by atomic mass is 9.83. The van der Waals surface area contributed by atoms with Gasteiger partial charge in [0.15, 0.2) is 0 Å². The summed E-state index contributed by atoms with van der Waals surface area (Å²) in [5.74, 6) is 0.883. The van der Waals surface area contributed by atoms with E-state index in [9.17, 15) is 5.11 Å². The van der Waals surface area contributed by atoms with Gasteiger partial charge in [-0.25, -0.2) is 9.97 Å². The first-order valence-electron chi connectivity index (χ1n) is 7.65. The number of hydrogen-bond donors (Lipinski definition) is 1. The molecule has 1 saturated heterocycles. The minimum Gasteiger partial charge on any atom is -0.396 e. The van der Waals surface area contributed by atoms with E-state index in [1.165, 1.54) is 0 Å². The fourth-order valence-electron chi connectivity index (χ4n) is 3.26. The summed E-state index contributed by atoms with van der Waals surface area (Å²) in [6.07, 6.45) is 2.22. The highest BCUT2D eigenvalue weighted by Gasteiger charge is 2.30. The van der Waals surface area contributed by atoms with Crippen LogP contribution < -0.4 is 0 Å². The molecule has 1 atom stereocenters. The van der Waals surface area contributed by atoms with E-state index in [-0.39, 0.29) is 12.0 Å². The first-order valence-corrected chi connectivity index (χ1v) is 7.65. The van der Waals surface area contributed by atoms with Crippen molar-refractivity contribution in [1.82, 2.24) is 14.9 Å². The average molecular weight is 285 g/mol. The lowest BCUT2D eigenvalue weighted by Gasteiger charge is -2.39. The van der Waals surface area contributed by atoms with E-state index >= 15 is 0 Å². The van der Waals surface area contributed by atoms with E-state index in [0.717, 1.165) is 54.9 Å². The Morgan fingerprint density at radius 2 is 2.10 bits per heavy atom. The molecular weight excluding hydrogens is 262 g/mol. The summed E-state index contributed by atoms with van der Waals surface area (Å²) in [5, 5.41) is 10.7. The second-order valence-electron chi connectivity index (χ2n) is 6.53. The lowest BCUT2D eigenvalue weighted by molar-refractivity contribution is 0.0418. The molecule has 21 heavy (non-hydrogen) atoms. The van der Waals surface area contributed by atoms with Crippen molar-refractivity contribution in [3.63, 3.8) is 0 Å². The second kappa shape index (κ2) is 5.70. The molecule has 0 aliphatic carbocycles. The highest BCUT2D eigenvalue weighted by Crippen LogP contribution is 2.29. The quantitative estimate of drug-likeness (QED) is 0.941. The van der Waals surface area contributed by atoms with E-state index in [2.05, 4.69) is 27.9 Å². The summed E-state index contributed by atoms with van der Waals surface area (Å²) in [5.41, 5.74) is 2.07. The molecule has 2 aromatic rings. The van der Waals surface area contributed by atoms with Gasteiger partial charge in [-0.05, 0) is 32.4 Å². The minimum absolute atomic E-state index is 0.0180. The maximum atomic E-state index is 9.56. The van der Waals surface area contributed by atoms with E-state index in [1.54, 1.807) is 0 Å². The molecule has 1 aromatic heterocycles. The van der Waals surface area contributed by atoms with Gasteiger partial charge in [-0.2, -0.15) is 0 Å². The van der Waals surface area contributed by atoms with Crippen molar-refractivity contribution >= 4 is 10.9 Å². The van der Waals surface area contributed by atoms with E-state index < -0.39 is 0 Å². The third-order valence-electron chi connectivity index (χ3n) is 4.45. The predicted molar refractivity (Wildman–Crippen MR) is 84.0 cm³/mol. The standard InChI is InChI=1S/C17H23N3O/c1-13-14-6-3-4-7-15(14)19-16(18-13)10-20-9-5-8-17(2,11-20)12-21/h3-4,6-7,21H,5,8-12H2,1-2H3. The SMILES string of the molecule is Cc1nc(CN2CCCC(C)(CO)C2)nc2ccccc12. The van der Waals surface area contributed by atoms with Crippen LogP contribution in [0.25, 0.3) is 10.9 Å². The lowest BCUT2D eigenvalue weighted by Crippen LogP contribution is -2.43. The van der Waals surface area contributed by atoms with Crippen molar-refractivity contribution in [2.24, 2.45) is 5.41 Å². The smallest absolute Gasteiger partial charge is 0.143 e. The van der Waals surface area contributed by atoms with Crippen LogP contribution in [-0.2, 0) is 6.54 Å². The molecule has 4 heteroatoms. The number of hydrogen-bond acceptors (Lipinski definition) is 4. The summed E-state index contributed by atoms with van der Waals surface area (Å²) < 4.78 is 0. The van der Waals surface area contributed by atoms with Gasteiger partial charge in [-0.3, -0.25) is 4.90 Å². The number of piperidine rings is 1.